The van der Waals surface area contributed by atoms with Gasteiger partial charge in [-0.1, -0.05) is 37.5 Å². The van der Waals surface area contributed by atoms with Gasteiger partial charge in [0.25, 0.3) is 5.91 Å². The molecule has 1 aliphatic rings. The Bertz CT molecular complexity index is 903. The minimum Gasteiger partial charge on any atom is -0.331 e. The molecule has 0 bridgehead atoms. The molecule has 6 heteroatoms. The Balaban J connectivity index is 1.91. The molecule has 0 saturated heterocycles. The van der Waals surface area contributed by atoms with Crippen molar-refractivity contribution in [3.8, 4) is 0 Å². The lowest BCUT2D eigenvalue weighted by Crippen LogP contribution is -2.41. The molecule has 0 aromatic heterocycles. The number of carbonyl (C=O) groups is 1. The molecule has 1 aliphatic carbocycles. The van der Waals surface area contributed by atoms with Crippen LogP contribution in [-0.4, -0.2) is 31.5 Å². The number of hydrogen-bond donors (Lipinski definition) is 0. The van der Waals surface area contributed by atoms with Gasteiger partial charge < -0.3 is 4.90 Å². The maximum absolute atomic E-state index is 13.3. The zero-order valence-corrected chi connectivity index (χ0v) is 16.2. The van der Waals surface area contributed by atoms with E-state index in [2.05, 4.69) is 0 Å². The van der Waals surface area contributed by atoms with Gasteiger partial charge in [-0.05, 0) is 48.7 Å². The molecule has 0 unspecified atom stereocenters. The first-order chi connectivity index (χ1) is 12.8. The molecule has 144 valence electrons. The minimum atomic E-state index is -3.39. The molecule has 0 aliphatic heterocycles. The normalized spacial score (nSPS) is 15.5. The topological polar surface area (TPSA) is 54.5 Å². The van der Waals surface area contributed by atoms with Gasteiger partial charge in [-0.25, -0.2) is 12.8 Å². The van der Waals surface area contributed by atoms with E-state index in [4.69, 9.17) is 0 Å². The van der Waals surface area contributed by atoms with E-state index in [1.54, 1.807) is 24.3 Å². The summed E-state index contributed by atoms with van der Waals surface area (Å²) in [7, 11) is -3.39. The summed E-state index contributed by atoms with van der Waals surface area (Å²) in [6.07, 6.45) is 6.30. The van der Waals surface area contributed by atoms with Gasteiger partial charge in [0.05, 0.1) is 4.90 Å². The van der Waals surface area contributed by atoms with E-state index >= 15 is 0 Å². The zero-order chi connectivity index (χ0) is 19.4. The average molecular weight is 389 g/mol. The molecule has 0 spiro atoms. The van der Waals surface area contributed by atoms with Gasteiger partial charge in [-0.2, -0.15) is 0 Å². The highest BCUT2D eigenvalue weighted by atomic mass is 32.2. The molecule has 1 amide bonds. The number of carbonyl (C=O) groups excluding carboxylic acids is 1. The predicted octanol–water partition coefficient (Wildman–Crippen LogP) is 4.20. The smallest absolute Gasteiger partial charge is 0.254 e. The first-order valence-corrected chi connectivity index (χ1v) is 11.1. The van der Waals surface area contributed by atoms with Crippen molar-refractivity contribution in [1.29, 1.82) is 0 Å². The van der Waals surface area contributed by atoms with Crippen molar-refractivity contribution in [2.24, 2.45) is 0 Å². The van der Waals surface area contributed by atoms with Gasteiger partial charge >= 0.3 is 0 Å². The highest BCUT2D eigenvalue weighted by Gasteiger charge is 2.27. The fraction of sp³-hybridized carbons (Fsp3) is 0.381. The van der Waals surface area contributed by atoms with Crippen LogP contribution < -0.4 is 0 Å². The lowest BCUT2D eigenvalue weighted by molar-refractivity contribution is 0.0614. The second kappa shape index (κ2) is 8.21. The zero-order valence-electron chi connectivity index (χ0n) is 15.4. The average Bonchev–Trinajstić information content (AvgIpc) is 2.67. The molecular formula is C21H24FNO3S. The predicted molar refractivity (Wildman–Crippen MR) is 103 cm³/mol. The number of sulfone groups is 1. The number of rotatable bonds is 5. The Morgan fingerprint density at radius 1 is 1.07 bits per heavy atom. The van der Waals surface area contributed by atoms with Gasteiger partial charge in [0, 0.05) is 24.4 Å². The summed E-state index contributed by atoms with van der Waals surface area (Å²) in [6, 6.07) is 12.5. The van der Waals surface area contributed by atoms with E-state index in [1.165, 1.54) is 30.7 Å². The summed E-state index contributed by atoms with van der Waals surface area (Å²) in [5, 5.41) is 0. The standard InChI is InChI=1S/C21H24FNO3S/c1-27(25,26)20-9-5-6-17(14-20)21(24)23(19-7-3-2-4-8-19)15-16-10-12-18(22)13-11-16/h5-6,9-14,19H,2-4,7-8,15H2,1H3. The van der Waals surface area contributed by atoms with E-state index in [0.717, 1.165) is 37.5 Å². The van der Waals surface area contributed by atoms with Crippen molar-refractivity contribution in [2.75, 3.05) is 6.26 Å². The monoisotopic (exact) mass is 389 g/mol. The quantitative estimate of drug-likeness (QED) is 0.770. The lowest BCUT2D eigenvalue weighted by atomic mass is 9.93. The van der Waals surface area contributed by atoms with E-state index < -0.39 is 9.84 Å². The largest absolute Gasteiger partial charge is 0.331 e. The molecule has 2 aromatic carbocycles. The number of nitrogens with zero attached hydrogens (tertiary/aromatic N) is 1. The molecule has 3 rings (SSSR count). The Morgan fingerprint density at radius 3 is 2.37 bits per heavy atom. The first-order valence-electron chi connectivity index (χ1n) is 9.20. The number of halogens is 1. The lowest BCUT2D eigenvalue weighted by Gasteiger charge is -2.34. The van der Waals surface area contributed by atoms with Crippen LogP contribution in [0.2, 0.25) is 0 Å². The van der Waals surface area contributed by atoms with Crippen LogP contribution in [0.4, 0.5) is 4.39 Å². The molecule has 0 heterocycles. The van der Waals surface area contributed by atoms with Crippen molar-refractivity contribution < 1.29 is 17.6 Å². The second-order valence-corrected chi connectivity index (χ2v) is 9.17. The fourth-order valence-electron chi connectivity index (χ4n) is 3.57. The minimum absolute atomic E-state index is 0.109. The van der Waals surface area contributed by atoms with Crippen molar-refractivity contribution >= 4 is 15.7 Å². The molecule has 1 saturated carbocycles. The molecule has 0 atom stereocenters. The third kappa shape index (κ3) is 4.95. The van der Waals surface area contributed by atoms with Crippen molar-refractivity contribution in [2.45, 2.75) is 49.6 Å². The van der Waals surface area contributed by atoms with Gasteiger partial charge in [-0.15, -0.1) is 0 Å². The van der Waals surface area contributed by atoms with Crippen LogP contribution in [0.3, 0.4) is 0 Å². The van der Waals surface area contributed by atoms with E-state index in [9.17, 15) is 17.6 Å². The number of hydrogen-bond acceptors (Lipinski definition) is 3. The van der Waals surface area contributed by atoms with Gasteiger partial charge in [0.1, 0.15) is 5.82 Å². The van der Waals surface area contributed by atoms with E-state index in [0.29, 0.717) is 12.1 Å². The van der Waals surface area contributed by atoms with Crippen molar-refractivity contribution in [3.63, 3.8) is 0 Å². The van der Waals surface area contributed by atoms with Gasteiger partial charge in [0.2, 0.25) is 0 Å². The van der Waals surface area contributed by atoms with Crippen molar-refractivity contribution in [3.05, 3.63) is 65.5 Å². The molecule has 4 nitrogen and oxygen atoms in total. The summed E-state index contributed by atoms with van der Waals surface area (Å²) >= 11 is 0. The number of benzene rings is 2. The van der Waals surface area contributed by atoms with Crippen molar-refractivity contribution in [1.82, 2.24) is 4.90 Å². The third-order valence-electron chi connectivity index (χ3n) is 5.05. The van der Waals surface area contributed by atoms with Crippen LogP contribution in [0.15, 0.2) is 53.4 Å². The molecule has 1 fully saturated rings. The van der Waals surface area contributed by atoms with E-state index in [-0.39, 0.29) is 22.7 Å². The van der Waals surface area contributed by atoms with Crippen LogP contribution in [0.1, 0.15) is 48.0 Å². The Morgan fingerprint density at radius 2 is 1.74 bits per heavy atom. The molecule has 2 aromatic rings. The summed E-state index contributed by atoms with van der Waals surface area (Å²) in [5.74, 6) is -0.494. The second-order valence-electron chi connectivity index (χ2n) is 7.15. The maximum atomic E-state index is 13.3. The highest BCUT2D eigenvalue weighted by Crippen LogP contribution is 2.26. The Labute approximate surface area is 159 Å². The van der Waals surface area contributed by atoms with Gasteiger partial charge in [0.15, 0.2) is 9.84 Å². The SMILES string of the molecule is CS(=O)(=O)c1cccc(C(=O)N(Cc2ccc(F)cc2)C2CCCCC2)c1. The molecule has 0 radical (unpaired) electrons. The first kappa shape index (κ1) is 19.5. The summed E-state index contributed by atoms with van der Waals surface area (Å²) in [4.78, 5) is 15.2. The summed E-state index contributed by atoms with van der Waals surface area (Å²) in [5.41, 5.74) is 1.22. The maximum Gasteiger partial charge on any atom is 0.254 e. The molecular weight excluding hydrogens is 365 g/mol. The fourth-order valence-corrected chi connectivity index (χ4v) is 4.24. The highest BCUT2D eigenvalue weighted by molar-refractivity contribution is 7.90. The summed E-state index contributed by atoms with van der Waals surface area (Å²) < 4.78 is 36.9. The molecule has 0 N–H and O–H groups in total. The van der Waals surface area contributed by atoms with Crippen LogP contribution in [0.25, 0.3) is 0 Å². The summed E-state index contributed by atoms with van der Waals surface area (Å²) in [6.45, 7) is 0.382. The van der Waals surface area contributed by atoms with Crippen LogP contribution >= 0.6 is 0 Å². The van der Waals surface area contributed by atoms with Crippen LogP contribution in [-0.2, 0) is 16.4 Å². The third-order valence-corrected chi connectivity index (χ3v) is 6.16. The van der Waals surface area contributed by atoms with Crippen LogP contribution in [0, 0.1) is 5.82 Å². The number of amides is 1. The molecule has 27 heavy (non-hydrogen) atoms. The van der Waals surface area contributed by atoms with E-state index in [1.807, 2.05) is 4.90 Å². The Kier molecular flexibility index (Phi) is 5.95. The Hall–Kier alpha value is -2.21. The van der Waals surface area contributed by atoms with Gasteiger partial charge in [-0.3, -0.25) is 4.79 Å². The van der Waals surface area contributed by atoms with Crippen LogP contribution in [0.5, 0.6) is 0 Å².